The van der Waals surface area contributed by atoms with Gasteiger partial charge in [-0.2, -0.15) is 0 Å². The van der Waals surface area contributed by atoms with Crippen molar-refractivity contribution in [3.63, 3.8) is 0 Å². The van der Waals surface area contributed by atoms with Crippen LogP contribution in [0.2, 0.25) is 0 Å². The van der Waals surface area contributed by atoms with Crippen LogP contribution >= 0.6 is 0 Å². The quantitative estimate of drug-likeness (QED) is 0.808. The lowest BCUT2D eigenvalue weighted by atomic mass is 9.75. The second kappa shape index (κ2) is 7.37. The molecule has 2 rings (SSSR count). The summed E-state index contributed by atoms with van der Waals surface area (Å²) in [5, 5.41) is 0. The third kappa shape index (κ3) is 4.42. The monoisotopic (exact) mass is 294 g/mol. The topological polar surface area (TPSA) is 26.3 Å². The van der Waals surface area contributed by atoms with Crippen LogP contribution in [0.4, 0.5) is 0 Å². The van der Waals surface area contributed by atoms with Crippen LogP contribution in [-0.2, 0) is 21.0 Å². The van der Waals surface area contributed by atoms with Crippen LogP contribution in [0.25, 0.3) is 0 Å². The van der Waals surface area contributed by atoms with Crippen molar-refractivity contribution in [2.24, 2.45) is 17.8 Å². The van der Waals surface area contributed by atoms with Crippen LogP contribution in [0.5, 0.6) is 0 Å². The molecule has 0 heterocycles. The van der Waals surface area contributed by atoms with Crippen LogP contribution in [0, 0.1) is 17.8 Å². The van der Waals surface area contributed by atoms with Crippen molar-refractivity contribution in [2.45, 2.75) is 51.9 Å². The van der Waals surface area contributed by atoms with Gasteiger partial charge in [0.2, 0.25) is 0 Å². The fourth-order valence-electron chi connectivity index (χ4n) is 3.11. The van der Waals surface area contributed by atoms with E-state index < -0.39 is 11.1 Å². The zero-order chi connectivity index (χ0) is 14.5. The van der Waals surface area contributed by atoms with E-state index in [1.165, 1.54) is 12.8 Å². The van der Waals surface area contributed by atoms with E-state index in [0.717, 1.165) is 12.0 Å². The third-order valence-electron chi connectivity index (χ3n) is 4.32. The second-order valence-corrected chi connectivity index (χ2v) is 7.48. The molecule has 0 radical (unpaired) electrons. The number of hydrogen-bond donors (Lipinski definition) is 0. The lowest BCUT2D eigenvalue weighted by molar-refractivity contribution is 0.0565. The van der Waals surface area contributed by atoms with Gasteiger partial charge in [-0.1, -0.05) is 57.5 Å². The Morgan fingerprint density at radius 2 is 1.95 bits per heavy atom. The van der Waals surface area contributed by atoms with Gasteiger partial charge in [0.1, 0.15) is 0 Å². The molecule has 3 heteroatoms. The molecule has 0 bridgehead atoms. The molecule has 0 spiro atoms. The highest BCUT2D eigenvalue weighted by molar-refractivity contribution is 7.79. The third-order valence-corrected chi connectivity index (χ3v) is 5.35. The maximum atomic E-state index is 12.2. The summed E-state index contributed by atoms with van der Waals surface area (Å²) >= 11 is -1.22. The van der Waals surface area contributed by atoms with Gasteiger partial charge in [0.15, 0.2) is 11.1 Å². The fraction of sp³-hybridized carbons (Fsp3) is 0.647. The van der Waals surface area contributed by atoms with Crippen molar-refractivity contribution in [1.29, 1.82) is 0 Å². The SMILES string of the molecule is CC1CCC(C(C)C)C(O[S@@](=O)Cc2ccccc2)C1. The first-order chi connectivity index (χ1) is 9.56. The highest BCUT2D eigenvalue weighted by atomic mass is 32.2. The molecule has 2 nitrogen and oxygen atoms in total. The summed E-state index contributed by atoms with van der Waals surface area (Å²) < 4.78 is 18.2. The summed E-state index contributed by atoms with van der Waals surface area (Å²) in [6, 6.07) is 9.94. The van der Waals surface area contributed by atoms with E-state index in [4.69, 9.17) is 4.18 Å². The number of hydrogen-bond acceptors (Lipinski definition) is 2. The van der Waals surface area contributed by atoms with Gasteiger partial charge in [0, 0.05) is 0 Å². The Bertz CT molecular complexity index is 430. The minimum absolute atomic E-state index is 0.156. The minimum Gasteiger partial charge on any atom is -0.287 e. The summed E-state index contributed by atoms with van der Waals surface area (Å²) in [5.41, 5.74) is 1.08. The van der Waals surface area contributed by atoms with Crippen molar-refractivity contribution in [1.82, 2.24) is 0 Å². The molecule has 1 aromatic carbocycles. The van der Waals surface area contributed by atoms with E-state index in [1.54, 1.807) is 0 Å². The number of rotatable bonds is 5. The van der Waals surface area contributed by atoms with E-state index in [2.05, 4.69) is 20.8 Å². The van der Waals surface area contributed by atoms with Crippen LogP contribution in [0.15, 0.2) is 30.3 Å². The van der Waals surface area contributed by atoms with Crippen LogP contribution in [0.1, 0.15) is 45.6 Å². The van der Waals surface area contributed by atoms with Crippen LogP contribution in [-0.4, -0.2) is 10.3 Å². The van der Waals surface area contributed by atoms with E-state index >= 15 is 0 Å². The summed E-state index contributed by atoms with van der Waals surface area (Å²) in [5.74, 6) is 2.33. The Kier molecular flexibility index (Phi) is 5.79. The molecule has 112 valence electrons. The standard InChI is InChI=1S/C17H26O2S/c1-13(2)16-10-9-14(3)11-17(16)19-20(18)12-15-7-5-4-6-8-15/h4-8,13-14,16-17H,9-12H2,1-3H3/t14?,16?,17?,20-/m1/s1. The van der Waals surface area contributed by atoms with Crippen molar-refractivity contribution in [2.75, 3.05) is 0 Å². The van der Waals surface area contributed by atoms with Crippen molar-refractivity contribution in [3.05, 3.63) is 35.9 Å². The van der Waals surface area contributed by atoms with Crippen LogP contribution in [0.3, 0.4) is 0 Å². The number of benzene rings is 1. The molecule has 1 saturated carbocycles. The minimum atomic E-state index is -1.22. The summed E-state index contributed by atoms with van der Waals surface area (Å²) in [7, 11) is 0. The molecule has 0 saturated heterocycles. The maximum absolute atomic E-state index is 12.2. The van der Waals surface area contributed by atoms with Gasteiger partial charge in [-0.05, 0) is 36.2 Å². The summed E-state index contributed by atoms with van der Waals surface area (Å²) in [4.78, 5) is 0. The zero-order valence-electron chi connectivity index (χ0n) is 12.7. The Morgan fingerprint density at radius 3 is 2.60 bits per heavy atom. The average Bonchev–Trinajstić information content (AvgIpc) is 2.39. The second-order valence-electron chi connectivity index (χ2n) is 6.39. The molecule has 0 aliphatic heterocycles. The predicted octanol–water partition coefficient (Wildman–Crippen LogP) is 4.33. The largest absolute Gasteiger partial charge is 0.287 e. The molecule has 0 aromatic heterocycles. The van der Waals surface area contributed by atoms with Gasteiger partial charge >= 0.3 is 0 Å². The van der Waals surface area contributed by atoms with E-state index in [9.17, 15) is 4.21 Å². The molecule has 0 N–H and O–H groups in total. The average molecular weight is 294 g/mol. The maximum Gasteiger partial charge on any atom is 0.160 e. The molecule has 1 aromatic rings. The first kappa shape index (κ1) is 15.7. The normalized spacial score (nSPS) is 28.5. The summed E-state index contributed by atoms with van der Waals surface area (Å²) in [6.07, 6.45) is 3.67. The van der Waals surface area contributed by atoms with E-state index in [0.29, 0.717) is 23.5 Å². The molecule has 1 aliphatic carbocycles. The van der Waals surface area contributed by atoms with Gasteiger partial charge in [0.25, 0.3) is 0 Å². The Hall–Kier alpha value is -0.670. The van der Waals surface area contributed by atoms with Gasteiger partial charge in [-0.15, -0.1) is 0 Å². The highest BCUT2D eigenvalue weighted by Gasteiger charge is 2.32. The first-order valence-electron chi connectivity index (χ1n) is 7.65. The highest BCUT2D eigenvalue weighted by Crippen LogP contribution is 2.35. The smallest absolute Gasteiger partial charge is 0.160 e. The Morgan fingerprint density at radius 1 is 1.25 bits per heavy atom. The Balaban J connectivity index is 1.94. The summed E-state index contributed by atoms with van der Waals surface area (Å²) in [6.45, 7) is 6.77. The molecule has 3 unspecified atom stereocenters. The lowest BCUT2D eigenvalue weighted by Crippen LogP contribution is -2.34. The van der Waals surface area contributed by atoms with Gasteiger partial charge in [-0.3, -0.25) is 4.18 Å². The molecular formula is C17H26O2S. The first-order valence-corrected chi connectivity index (χ1v) is 8.90. The predicted molar refractivity (Wildman–Crippen MR) is 84.5 cm³/mol. The van der Waals surface area contributed by atoms with E-state index in [1.807, 2.05) is 30.3 Å². The molecule has 1 aliphatic rings. The molecule has 0 amide bonds. The molecule has 20 heavy (non-hydrogen) atoms. The van der Waals surface area contributed by atoms with Gasteiger partial charge in [0.05, 0.1) is 11.9 Å². The Labute approximate surface area is 125 Å². The van der Waals surface area contributed by atoms with Crippen molar-refractivity contribution in [3.8, 4) is 0 Å². The molecule has 4 atom stereocenters. The van der Waals surface area contributed by atoms with Gasteiger partial charge in [-0.25, -0.2) is 4.21 Å². The van der Waals surface area contributed by atoms with Crippen LogP contribution < -0.4 is 0 Å². The fourth-order valence-corrected chi connectivity index (χ4v) is 4.14. The van der Waals surface area contributed by atoms with Crippen molar-refractivity contribution < 1.29 is 8.39 Å². The lowest BCUT2D eigenvalue weighted by Gasteiger charge is -2.36. The van der Waals surface area contributed by atoms with E-state index in [-0.39, 0.29) is 6.10 Å². The molecule has 1 fully saturated rings. The van der Waals surface area contributed by atoms with Gasteiger partial charge < -0.3 is 0 Å². The molecular weight excluding hydrogens is 268 g/mol. The zero-order valence-corrected chi connectivity index (χ0v) is 13.6. The van der Waals surface area contributed by atoms with Crippen molar-refractivity contribution >= 4 is 11.1 Å².